The fourth-order valence-corrected chi connectivity index (χ4v) is 0.862. The minimum atomic E-state index is -0.124. The Labute approximate surface area is 64.6 Å². The maximum atomic E-state index is 11.0. The van der Waals surface area contributed by atoms with Gasteiger partial charge in [0.15, 0.2) is 5.78 Å². The molecule has 0 aliphatic carbocycles. The van der Waals surface area contributed by atoms with E-state index in [9.17, 15) is 9.59 Å². The molecule has 1 aromatic heterocycles. The lowest BCUT2D eigenvalue weighted by atomic mass is 10.2. The Bertz CT molecular complexity index is 275. The summed E-state index contributed by atoms with van der Waals surface area (Å²) in [4.78, 5) is 21.0. The summed E-state index contributed by atoms with van der Waals surface area (Å²) < 4.78 is 1.78. The maximum Gasteiger partial charge on any atom is 0.171 e. The number of carbonyl (C=O) groups is 2. The number of rotatable bonds is 3. The van der Waals surface area contributed by atoms with Crippen LogP contribution >= 0.6 is 0 Å². The Morgan fingerprint density at radius 1 is 1.73 bits per heavy atom. The summed E-state index contributed by atoms with van der Waals surface area (Å²) in [5, 5.41) is 0. The molecule has 0 aromatic carbocycles. The second-order valence-corrected chi connectivity index (χ2v) is 2.36. The molecule has 0 saturated heterocycles. The van der Waals surface area contributed by atoms with Crippen molar-refractivity contribution in [3.05, 3.63) is 24.0 Å². The Balaban J connectivity index is 2.76. The molecule has 0 bridgehead atoms. The summed E-state index contributed by atoms with van der Waals surface area (Å²) in [5.74, 6) is -0.124. The van der Waals surface area contributed by atoms with Gasteiger partial charge in [0.25, 0.3) is 0 Å². The quantitative estimate of drug-likeness (QED) is 0.364. The van der Waals surface area contributed by atoms with E-state index in [2.05, 4.69) is 0 Å². The van der Waals surface area contributed by atoms with Crippen LogP contribution in [-0.2, 0) is 11.8 Å². The van der Waals surface area contributed by atoms with E-state index in [0.29, 0.717) is 11.8 Å². The predicted molar refractivity (Wildman–Crippen MR) is 40.4 cm³/mol. The smallest absolute Gasteiger partial charge is 0.171 e. The Hall–Kier alpha value is -1.38. The van der Waals surface area contributed by atoms with Crippen molar-refractivity contribution in [2.75, 3.05) is 0 Å². The molecule has 0 spiro atoms. The van der Waals surface area contributed by atoms with Crippen LogP contribution in [0.5, 0.6) is 0 Å². The third-order valence-corrected chi connectivity index (χ3v) is 1.42. The van der Waals surface area contributed by atoms with Gasteiger partial charge in [-0.2, -0.15) is 0 Å². The van der Waals surface area contributed by atoms with Gasteiger partial charge in [-0.15, -0.1) is 0 Å². The van der Waals surface area contributed by atoms with Crippen LogP contribution in [0.25, 0.3) is 0 Å². The zero-order chi connectivity index (χ0) is 8.27. The van der Waals surface area contributed by atoms with Crippen LogP contribution in [0.4, 0.5) is 0 Å². The SMILES string of the molecule is Cn1ccc(C(=O)CC=O)c1. The summed E-state index contributed by atoms with van der Waals surface area (Å²) in [6.07, 6.45) is 4.07. The van der Waals surface area contributed by atoms with Gasteiger partial charge in [0.1, 0.15) is 6.29 Å². The first-order valence-corrected chi connectivity index (χ1v) is 3.33. The van der Waals surface area contributed by atoms with E-state index >= 15 is 0 Å². The molecule has 0 saturated carbocycles. The third kappa shape index (κ3) is 1.77. The molecule has 11 heavy (non-hydrogen) atoms. The minimum Gasteiger partial charge on any atom is -0.357 e. The van der Waals surface area contributed by atoms with Crippen LogP contribution in [0, 0.1) is 0 Å². The van der Waals surface area contributed by atoms with Crippen LogP contribution in [-0.4, -0.2) is 16.6 Å². The molecule has 1 heterocycles. The molecular weight excluding hydrogens is 142 g/mol. The highest BCUT2D eigenvalue weighted by molar-refractivity contribution is 6.02. The first kappa shape index (κ1) is 7.72. The maximum absolute atomic E-state index is 11.0. The van der Waals surface area contributed by atoms with Gasteiger partial charge in [-0.05, 0) is 6.07 Å². The number of hydrogen-bond donors (Lipinski definition) is 0. The van der Waals surface area contributed by atoms with Gasteiger partial charge in [-0.25, -0.2) is 0 Å². The number of aldehydes is 1. The van der Waals surface area contributed by atoms with Crippen molar-refractivity contribution < 1.29 is 9.59 Å². The van der Waals surface area contributed by atoms with Gasteiger partial charge in [0, 0.05) is 25.0 Å². The second-order valence-electron chi connectivity index (χ2n) is 2.36. The zero-order valence-corrected chi connectivity index (χ0v) is 6.28. The van der Waals surface area contributed by atoms with Crippen LogP contribution in [0.15, 0.2) is 18.5 Å². The summed E-state index contributed by atoms with van der Waals surface area (Å²) >= 11 is 0. The Morgan fingerprint density at radius 2 is 2.45 bits per heavy atom. The summed E-state index contributed by atoms with van der Waals surface area (Å²) in [6, 6.07) is 1.70. The van der Waals surface area contributed by atoms with E-state index < -0.39 is 0 Å². The van der Waals surface area contributed by atoms with E-state index in [4.69, 9.17) is 0 Å². The van der Waals surface area contributed by atoms with E-state index in [1.165, 1.54) is 0 Å². The predicted octanol–water partition coefficient (Wildman–Crippen LogP) is 0.797. The molecule has 3 heteroatoms. The van der Waals surface area contributed by atoms with Gasteiger partial charge in [0.05, 0.1) is 6.42 Å². The Morgan fingerprint density at radius 3 is 2.91 bits per heavy atom. The van der Waals surface area contributed by atoms with Crippen LogP contribution in [0.3, 0.4) is 0 Å². The molecule has 0 atom stereocenters. The van der Waals surface area contributed by atoms with Crippen LogP contribution < -0.4 is 0 Å². The summed E-state index contributed by atoms with van der Waals surface area (Å²) in [6.45, 7) is 0. The normalized spacial score (nSPS) is 9.55. The molecule has 0 radical (unpaired) electrons. The zero-order valence-electron chi connectivity index (χ0n) is 6.28. The highest BCUT2D eigenvalue weighted by Gasteiger charge is 2.04. The molecule has 0 unspecified atom stereocenters. The molecular formula is C8H9NO2. The molecule has 3 nitrogen and oxygen atoms in total. The highest BCUT2D eigenvalue weighted by atomic mass is 16.1. The topological polar surface area (TPSA) is 39.1 Å². The third-order valence-electron chi connectivity index (χ3n) is 1.42. The van der Waals surface area contributed by atoms with Gasteiger partial charge >= 0.3 is 0 Å². The molecule has 0 aliphatic heterocycles. The first-order valence-electron chi connectivity index (χ1n) is 3.33. The second kappa shape index (κ2) is 3.14. The van der Waals surface area contributed by atoms with Gasteiger partial charge < -0.3 is 9.36 Å². The van der Waals surface area contributed by atoms with Crippen molar-refractivity contribution in [1.82, 2.24) is 4.57 Å². The number of ketones is 1. The van der Waals surface area contributed by atoms with Gasteiger partial charge in [0.2, 0.25) is 0 Å². The number of aromatic nitrogens is 1. The largest absolute Gasteiger partial charge is 0.357 e. The average Bonchev–Trinajstić information content (AvgIpc) is 2.36. The van der Waals surface area contributed by atoms with E-state index in [1.54, 1.807) is 23.0 Å². The molecule has 58 valence electrons. The lowest BCUT2D eigenvalue weighted by Crippen LogP contribution is -1.97. The summed E-state index contributed by atoms with van der Waals surface area (Å²) in [7, 11) is 1.83. The molecule has 0 N–H and O–H groups in total. The lowest BCUT2D eigenvalue weighted by molar-refractivity contribution is -0.107. The van der Waals surface area contributed by atoms with Crippen LogP contribution in [0.2, 0.25) is 0 Å². The van der Waals surface area contributed by atoms with Crippen molar-refractivity contribution in [3.8, 4) is 0 Å². The monoisotopic (exact) mass is 151 g/mol. The molecule has 0 amide bonds. The van der Waals surface area contributed by atoms with Crippen molar-refractivity contribution in [2.24, 2.45) is 7.05 Å². The summed E-state index contributed by atoms with van der Waals surface area (Å²) in [5.41, 5.74) is 0.597. The van der Waals surface area contributed by atoms with Crippen molar-refractivity contribution in [3.63, 3.8) is 0 Å². The number of hydrogen-bond acceptors (Lipinski definition) is 2. The van der Waals surface area contributed by atoms with Gasteiger partial charge in [-0.1, -0.05) is 0 Å². The fourth-order valence-electron chi connectivity index (χ4n) is 0.862. The first-order chi connectivity index (χ1) is 5.24. The number of carbonyl (C=O) groups excluding carboxylic acids is 2. The molecule has 0 fully saturated rings. The lowest BCUT2D eigenvalue weighted by Gasteiger charge is -1.88. The minimum absolute atomic E-state index is 0.0238. The van der Waals surface area contributed by atoms with Crippen molar-refractivity contribution >= 4 is 12.1 Å². The fraction of sp³-hybridized carbons (Fsp3) is 0.250. The Kier molecular flexibility index (Phi) is 2.21. The molecule has 1 rings (SSSR count). The van der Waals surface area contributed by atoms with Gasteiger partial charge in [-0.3, -0.25) is 4.79 Å². The van der Waals surface area contributed by atoms with E-state index in [1.807, 2.05) is 7.05 Å². The average molecular weight is 151 g/mol. The van der Waals surface area contributed by atoms with Crippen molar-refractivity contribution in [2.45, 2.75) is 6.42 Å². The number of nitrogens with zero attached hydrogens (tertiary/aromatic N) is 1. The van der Waals surface area contributed by atoms with E-state index in [-0.39, 0.29) is 12.2 Å². The van der Waals surface area contributed by atoms with E-state index in [0.717, 1.165) is 0 Å². The molecule has 1 aromatic rings. The number of Topliss-reactive ketones (excluding diaryl/α,β-unsaturated/α-hetero) is 1. The molecule has 0 aliphatic rings. The standard InChI is InChI=1S/C8H9NO2/c1-9-4-2-7(6-9)8(11)3-5-10/h2,4-6H,3H2,1H3. The highest BCUT2D eigenvalue weighted by Crippen LogP contribution is 2.01. The van der Waals surface area contributed by atoms with Crippen molar-refractivity contribution in [1.29, 1.82) is 0 Å². The van der Waals surface area contributed by atoms with Crippen LogP contribution in [0.1, 0.15) is 16.8 Å². The number of aryl methyl sites for hydroxylation is 1.